The minimum Gasteiger partial charge on any atom is -0.466 e. The summed E-state index contributed by atoms with van der Waals surface area (Å²) < 4.78 is 5.16. The van der Waals surface area contributed by atoms with Gasteiger partial charge in [-0.25, -0.2) is 0 Å². The first-order valence-electron chi connectivity index (χ1n) is 4.11. The second kappa shape index (κ2) is 3.96. The van der Waals surface area contributed by atoms with Crippen LogP contribution in [0.25, 0.3) is 0 Å². The number of hydrogen-bond acceptors (Lipinski definition) is 1. The molecule has 12 heavy (non-hydrogen) atoms. The zero-order chi connectivity index (χ0) is 8.97. The molecule has 0 radical (unpaired) electrons. The molecule has 0 saturated carbocycles. The normalized spacial score (nSPS) is 9.92. The molecule has 0 aliphatic carbocycles. The van der Waals surface area contributed by atoms with Gasteiger partial charge in [0.1, 0.15) is 5.75 Å². The summed E-state index contributed by atoms with van der Waals surface area (Å²) in [6.45, 7) is 7.83. The van der Waals surface area contributed by atoms with Gasteiger partial charge in [-0.15, -0.1) is 0 Å². The molecule has 0 spiro atoms. The molecule has 0 saturated heterocycles. The first-order valence-corrected chi connectivity index (χ1v) is 4.11. The summed E-state index contributed by atoms with van der Waals surface area (Å²) in [6.07, 6.45) is 1.44. The lowest BCUT2D eigenvalue weighted by molar-refractivity contribution is 0.482. The SMILES string of the molecule is C=COc1cccc(C(C)C)c1. The topological polar surface area (TPSA) is 9.23 Å². The molecule has 1 aromatic carbocycles. The summed E-state index contributed by atoms with van der Waals surface area (Å²) in [6, 6.07) is 8.05. The zero-order valence-electron chi connectivity index (χ0n) is 7.58. The van der Waals surface area contributed by atoms with E-state index in [-0.39, 0.29) is 0 Å². The maximum absolute atomic E-state index is 5.16. The van der Waals surface area contributed by atoms with Gasteiger partial charge in [0, 0.05) is 0 Å². The van der Waals surface area contributed by atoms with Crippen molar-refractivity contribution in [2.45, 2.75) is 19.8 Å². The smallest absolute Gasteiger partial charge is 0.126 e. The van der Waals surface area contributed by atoms with Crippen molar-refractivity contribution in [1.29, 1.82) is 0 Å². The van der Waals surface area contributed by atoms with Crippen molar-refractivity contribution in [3.63, 3.8) is 0 Å². The van der Waals surface area contributed by atoms with Gasteiger partial charge in [0.25, 0.3) is 0 Å². The van der Waals surface area contributed by atoms with Crippen LogP contribution >= 0.6 is 0 Å². The molecule has 0 aliphatic rings. The van der Waals surface area contributed by atoms with Crippen molar-refractivity contribution in [2.24, 2.45) is 0 Å². The highest BCUT2D eigenvalue weighted by atomic mass is 16.5. The van der Waals surface area contributed by atoms with Crippen molar-refractivity contribution in [3.8, 4) is 5.75 Å². The van der Waals surface area contributed by atoms with Crippen LogP contribution < -0.4 is 4.74 Å². The number of ether oxygens (including phenoxy) is 1. The molecule has 0 atom stereocenters. The predicted molar refractivity (Wildman–Crippen MR) is 51.4 cm³/mol. The Kier molecular flexibility index (Phi) is 2.92. The van der Waals surface area contributed by atoms with Crippen LogP contribution in [-0.4, -0.2) is 0 Å². The third kappa shape index (κ3) is 2.12. The fourth-order valence-electron chi connectivity index (χ4n) is 1.04. The van der Waals surface area contributed by atoms with Crippen LogP contribution in [0, 0.1) is 0 Å². The summed E-state index contributed by atoms with van der Waals surface area (Å²) in [5.74, 6) is 1.40. The molecule has 1 nitrogen and oxygen atoms in total. The maximum atomic E-state index is 5.16. The van der Waals surface area contributed by atoms with Crippen LogP contribution in [0.2, 0.25) is 0 Å². The lowest BCUT2D eigenvalue weighted by atomic mass is 10.0. The molecule has 0 amide bonds. The predicted octanol–water partition coefficient (Wildman–Crippen LogP) is 3.33. The van der Waals surface area contributed by atoms with E-state index < -0.39 is 0 Å². The highest BCUT2D eigenvalue weighted by Gasteiger charge is 1.99. The molecule has 0 aromatic heterocycles. The zero-order valence-corrected chi connectivity index (χ0v) is 7.58. The van der Waals surface area contributed by atoms with Gasteiger partial charge in [0.05, 0.1) is 6.26 Å². The van der Waals surface area contributed by atoms with Gasteiger partial charge < -0.3 is 4.74 Å². The largest absolute Gasteiger partial charge is 0.466 e. The third-order valence-electron chi connectivity index (χ3n) is 1.74. The molecule has 1 aromatic rings. The molecule has 1 rings (SSSR count). The highest BCUT2D eigenvalue weighted by Crippen LogP contribution is 2.19. The van der Waals surface area contributed by atoms with Gasteiger partial charge in [-0.1, -0.05) is 32.6 Å². The average Bonchev–Trinajstić information content (AvgIpc) is 2.05. The summed E-state index contributed by atoms with van der Waals surface area (Å²) >= 11 is 0. The Bertz CT molecular complexity index is 263. The maximum Gasteiger partial charge on any atom is 0.126 e. The van der Waals surface area contributed by atoms with Crippen LogP contribution in [0.3, 0.4) is 0 Å². The fraction of sp³-hybridized carbons (Fsp3) is 0.273. The fourth-order valence-corrected chi connectivity index (χ4v) is 1.04. The van der Waals surface area contributed by atoms with Crippen molar-refractivity contribution in [2.75, 3.05) is 0 Å². The van der Waals surface area contributed by atoms with Crippen molar-refractivity contribution >= 4 is 0 Å². The average molecular weight is 162 g/mol. The Morgan fingerprint density at radius 2 is 2.17 bits per heavy atom. The molecule has 0 heterocycles. The van der Waals surface area contributed by atoms with Crippen molar-refractivity contribution < 1.29 is 4.74 Å². The van der Waals surface area contributed by atoms with Gasteiger partial charge in [-0.3, -0.25) is 0 Å². The Balaban J connectivity index is 2.87. The molecule has 0 N–H and O–H groups in total. The van der Waals surface area contributed by atoms with Gasteiger partial charge >= 0.3 is 0 Å². The monoisotopic (exact) mass is 162 g/mol. The summed E-state index contributed by atoms with van der Waals surface area (Å²) in [5.41, 5.74) is 1.29. The van der Waals surface area contributed by atoms with Gasteiger partial charge in [-0.2, -0.15) is 0 Å². The number of rotatable bonds is 3. The first-order chi connectivity index (χ1) is 5.74. The molecule has 64 valence electrons. The molecular weight excluding hydrogens is 148 g/mol. The Labute approximate surface area is 73.7 Å². The van der Waals surface area contributed by atoms with Crippen molar-refractivity contribution in [1.82, 2.24) is 0 Å². The van der Waals surface area contributed by atoms with Gasteiger partial charge in [0.15, 0.2) is 0 Å². The van der Waals surface area contributed by atoms with E-state index in [1.807, 2.05) is 18.2 Å². The Morgan fingerprint density at radius 1 is 1.42 bits per heavy atom. The Hall–Kier alpha value is -1.24. The van der Waals surface area contributed by atoms with Crippen LogP contribution in [-0.2, 0) is 0 Å². The summed E-state index contributed by atoms with van der Waals surface area (Å²) in [5, 5.41) is 0. The van der Waals surface area contributed by atoms with Crippen LogP contribution in [0.1, 0.15) is 25.3 Å². The standard InChI is InChI=1S/C11H14O/c1-4-12-11-7-5-6-10(8-11)9(2)3/h4-9H,1H2,2-3H3. The van der Waals surface area contributed by atoms with E-state index in [2.05, 4.69) is 26.5 Å². The minimum absolute atomic E-state index is 0.540. The second-order valence-electron chi connectivity index (χ2n) is 3.01. The van der Waals surface area contributed by atoms with E-state index in [0.29, 0.717) is 5.92 Å². The van der Waals surface area contributed by atoms with Gasteiger partial charge in [0.2, 0.25) is 0 Å². The molecule has 0 bridgehead atoms. The molecule has 1 heteroatoms. The van der Waals surface area contributed by atoms with E-state index in [0.717, 1.165) is 5.75 Å². The van der Waals surface area contributed by atoms with Gasteiger partial charge in [-0.05, 0) is 23.6 Å². The molecule has 0 unspecified atom stereocenters. The van der Waals surface area contributed by atoms with Crippen LogP contribution in [0.5, 0.6) is 5.75 Å². The van der Waals surface area contributed by atoms with E-state index in [1.54, 1.807) is 0 Å². The number of hydrogen-bond donors (Lipinski definition) is 0. The minimum atomic E-state index is 0.540. The lowest BCUT2D eigenvalue weighted by Gasteiger charge is -2.06. The molecule has 0 aliphatic heterocycles. The van der Waals surface area contributed by atoms with E-state index in [9.17, 15) is 0 Å². The lowest BCUT2D eigenvalue weighted by Crippen LogP contribution is -1.88. The van der Waals surface area contributed by atoms with E-state index >= 15 is 0 Å². The van der Waals surface area contributed by atoms with E-state index in [4.69, 9.17) is 4.74 Å². The molecular formula is C11H14O. The first kappa shape index (κ1) is 8.85. The quantitative estimate of drug-likeness (QED) is 0.619. The number of benzene rings is 1. The second-order valence-corrected chi connectivity index (χ2v) is 3.01. The third-order valence-corrected chi connectivity index (χ3v) is 1.74. The van der Waals surface area contributed by atoms with E-state index in [1.165, 1.54) is 11.8 Å². The Morgan fingerprint density at radius 3 is 2.75 bits per heavy atom. The summed E-state index contributed by atoms with van der Waals surface area (Å²) in [4.78, 5) is 0. The highest BCUT2D eigenvalue weighted by molar-refractivity contribution is 5.30. The van der Waals surface area contributed by atoms with Crippen molar-refractivity contribution in [3.05, 3.63) is 42.7 Å². The summed E-state index contributed by atoms with van der Waals surface area (Å²) in [7, 11) is 0. The van der Waals surface area contributed by atoms with Crippen LogP contribution in [0.4, 0.5) is 0 Å². The van der Waals surface area contributed by atoms with Crippen LogP contribution in [0.15, 0.2) is 37.1 Å². The molecule has 0 fully saturated rings.